The molecule has 3 aliphatic heterocycles. The van der Waals surface area contributed by atoms with Gasteiger partial charge < -0.3 is 14.5 Å². The highest BCUT2D eigenvalue weighted by Gasteiger charge is 2.49. The first-order valence-electron chi connectivity index (χ1n) is 9.02. The number of hydrogen-bond acceptors (Lipinski definition) is 6. The van der Waals surface area contributed by atoms with E-state index in [1.807, 2.05) is 48.2 Å². The van der Waals surface area contributed by atoms with Crippen molar-refractivity contribution in [3.8, 4) is 0 Å². The van der Waals surface area contributed by atoms with Gasteiger partial charge in [0.25, 0.3) is 5.91 Å². The average Bonchev–Trinajstić information content (AvgIpc) is 3.29. The van der Waals surface area contributed by atoms with E-state index < -0.39 is 15.9 Å². The molecule has 0 aromatic heterocycles. The van der Waals surface area contributed by atoms with E-state index in [4.69, 9.17) is 4.74 Å². The molecule has 0 N–H and O–H groups in total. The summed E-state index contributed by atoms with van der Waals surface area (Å²) < 4.78 is 29.7. The molecule has 3 fully saturated rings. The minimum absolute atomic E-state index is 0.0905. The Morgan fingerprint density at radius 3 is 2.63 bits per heavy atom. The number of carbonyl (C=O) groups is 1. The number of aliphatic imine (C=N–C) groups is 1. The van der Waals surface area contributed by atoms with Crippen LogP contribution in [0.4, 0.5) is 11.4 Å². The van der Waals surface area contributed by atoms with Crippen molar-refractivity contribution in [2.24, 2.45) is 4.99 Å². The molecule has 27 heavy (non-hydrogen) atoms. The molecule has 3 heterocycles. The van der Waals surface area contributed by atoms with Gasteiger partial charge in [0, 0.05) is 37.3 Å². The second kappa shape index (κ2) is 7.10. The summed E-state index contributed by atoms with van der Waals surface area (Å²) in [5.41, 5.74) is 1.91. The summed E-state index contributed by atoms with van der Waals surface area (Å²) in [6, 6.07) is 7.68. The molecule has 0 unspecified atom stereocenters. The van der Waals surface area contributed by atoms with Gasteiger partial charge >= 0.3 is 0 Å². The van der Waals surface area contributed by atoms with E-state index >= 15 is 0 Å². The Labute approximate surface area is 163 Å². The highest BCUT2D eigenvalue weighted by atomic mass is 32.2. The minimum Gasteiger partial charge on any atom is -0.378 e. The number of carbonyl (C=O) groups excluding carboxylic acids is 1. The standard InChI is InChI=1S/C18H23N3O4S2/c1-20(2)12-5-7-13(8-6-12)21-14-10-27(23,24)11-16(14)26-18(21)19-17(22)15-4-3-9-25-15/h5-8,14-16H,3-4,9-11H2,1-2H3/t14-,15-,16+/m0/s1. The first-order chi connectivity index (χ1) is 12.8. The average molecular weight is 410 g/mol. The van der Waals surface area contributed by atoms with Gasteiger partial charge in [-0.25, -0.2) is 8.42 Å². The molecule has 7 nitrogen and oxygen atoms in total. The Morgan fingerprint density at radius 2 is 2.00 bits per heavy atom. The molecule has 0 bridgehead atoms. The molecule has 3 saturated heterocycles. The molecule has 3 atom stereocenters. The largest absolute Gasteiger partial charge is 0.378 e. The number of amides is 1. The Morgan fingerprint density at radius 1 is 1.26 bits per heavy atom. The van der Waals surface area contributed by atoms with E-state index in [0.717, 1.165) is 17.8 Å². The van der Waals surface area contributed by atoms with E-state index in [-0.39, 0.29) is 28.7 Å². The van der Waals surface area contributed by atoms with E-state index in [1.165, 1.54) is 11.8 Å². The summed E-state index contributed by atoms with van der Waals surface area (Å²) in [6.07, 6.45) is 1.09. The summed E-state index contributed by atoms with van der Waals surface area (Å²) in [4.78, 5) is 20.8. The molecule has 0 radical (unpaired) electrons. The lowest BCUT2D eigenvalue weighted by Gasteiger charge is -2.25. The van der Waals surface area contributed by atoms with Gasteiger partial charge in [0.1, 0.15) is 6.10 Å². The van der Waals surface area contributed by atoms with Gasteiger partial charge in [-0.3, -0.25) is 4.79 Å². The number of sulfone groups is 1. The van der Waals surface area contributed by atoms with Crippen LogP contribution < -0.4 is 9.80 Å². The van der Waals surface area contributed by atoms with Crippen LogP contribution in [-0.4, -0.2) is 69.1 Å². The Bertz CT molecular complexity index is 861. The smallest absolute Gasteiger partial charge is 0.277 e. The number of anilines is 2. The number of nitrogens with zero attached hydrogens (tertiary/aromatic N) is 3. The Balaban J connectivity index is 1.66. The van der Waals surface area contributed by atoms with Gasteiger partial charge in [0.2, 0.25) is 0 Å². The molecule has 9 heteroatoms. The van der Waals surface area contributed by atoms with Gasteiger partial charge in [-0.1, -0.05) is 11.8 Å². The molecule has 0 spiro atoms. The molecule has 146 valence electrons. The monoisotopic (exact) mass is 409 g/mol. The maximum absolute atomic E-state index is 12.5. The third kappa shape index (κ3) is 3.72. The van der Waals surface area contributed by atoms with Gasteiger partial charge in [0.05, 0.1) is 17.5 Å². The normalized spacial score (nSPS) is 30.7. The molecule has 0 aliphatic carbocycles. The van der Waals surface area contributed by atoms with E-state index in [1.54, 1.807) is 0 Å². The summed E-state index contributed by atoms with van der Waals surface area (Å²) >= 11 is 1.39. The quantitative estimate of drug-likeness (QED) is 0.749. The zero-order valence-electron chi connectivity index (χ0n) is 15.4. The van der Waals surface area contributed by atoms with Crippen molar-refractivity contribution < 1.29 is 17.9 Å². The van der Waals surface area contributed by atoms with Crippen LogP contribution in [-0.2, 0) is 19.4 Å². The van der Waals surface area contributed by atoms with E-state index in [0.29, 0.717) is 18.2 Å². The second-order valence-electron chi connectivity index (χ2n) is 7.32. The highest BCUT2D eigenvalue weighted by molar-refractivity contribution is 8.16. The van der Waals surface area contributed by atoms with Crippen LogP contribution >= 0.6 is 11.8 Å². The van der Waals surface area contributed by atoms with Crippen LogP contribution in [0.15, 0.2) is 29.3 Å². The molecule has 1 aromatic carbocycles. The third-order valence-corrected chi connectivity index (χ3v) is 8.33. The van der Waals surface area contributed by atoms with Crippen molar-refractivity contribution in [3.05, 3.63) is 24.3 Å². The number of benzene rings is 1. The maximum atomic E-state index is 12.5. The van der Waals surface area contributed by atoms with Crippen LogP contribution in [0, 0.1) is 0 Å². The minimum atomic E-state index is -3.07. The fraction of sp³-hybridized carbons (Fsp3) is 0.556. The lowest BCUT2D eigenvalue weighted by Crippen LogP contribution is -2.38. The van der Waals surface area contributed by atoms with Crippen molar-refractivity contribution in [2.75, 3.05) is 42.0 Å². The third-order valence-electron chi connectivity index (χ3n) is 5.12. The Hall–Kier alpha value is -1.58. The number of ether oxygens (including phenoxy) is 1. The predicted octanol–water partition coefficient (Wildman–Crippen LogP) is 1.53. The summed E-state index contributed by atoms with van der Waals surface area (Å²) in [5, 5.41) is 0.484. The van der Waals surface area contributed by atoms with E-state index in [2.05, 4.69) is 4.99 Å². The van der Waals surface area contributed by atoms with Crippen LogP contribution in [0.5, 0.6) is 0 Å². The number of thioether (sulfide) groups is 1. The molecule has 0 saturated carbocycles. The fourth-order valence-electron chi connectivity index (χ4n) is 3.72. The molecule has 4 rings (SSSR count). The highest BCUT2D eigenvalue weighted by Crippen LogP contribution is 2.41. The predicted molar refractivity (Wildman–Crippen MR) is 108 cm³/mol. The first-order valence-corrected chi connectivity index (χ1v) is 11.7. The van der Waals surface area contributed by atoms with Crippen LogP contribution in [0.3, 0.4) is 0 Å². The Kier molecular flexibility index (Phi) is 4.94. The molecule has 1 aromatic rings. The number of rotatable bonds is 3. The molecule has 3 aliphatic rings. The number of fused-ring (bicyclic) bond motifs is 1. The lowest BCUT2D eigenvalue weighted by molar-refractivity contribution is -0.126. The maximum Gasteiger partial charge on any atom is 0.277 e. The summed E-state index contributed by atoms with van der Waals surface area (Å²) in [7, 11) is 0.861. The zero-order valence-corrected chi connectivity index (χ0v) is 17.0. The fourth-order valence-corrected chi connectivity index (χ4v) is 7.64. The van der Waals surface area contributed by atoms with Crippen molar-refractivity contribution in [2.45, 2.75) is 30.2 Å². The first kappa shape index (κ1) is 18.8. The van der Waals surface area contributed by atoms with Gasteiger partial charge in [0.15, 0.2) is 15.0 Å². The lowest BCUT2D eigenvalue weighted by atomic mass is 10.2. The number of hydrogen-bond donors (Lipinski definition) is 0. The van der Waals surface area contributed by atoms with E-state index in [9.17, 15) is 13.2 Å². The van der Waals surface area contributed by atoms with Gasteiger partial charge in [-0.05, 0) is 37.1 Å². The van der Waals surface area contributed by atoms with Crippen LogP contribution in [0.2, 0.25) is 0 Å². The van der Waals surface area contributed by atoms with Crippen LogP contribution in [0.1, 0.15) is 12.8 Å². The van der Waals surface area contributed by atoms with Crippen molar-refractivity contribution >= 4 is 44.0 Å². The molecular formula is C18H23N3O4S2. The zero-order chi connectivity index (χ0) is 19.2. The molecular weight excluding hydrogens is 386 g/mol. The molecule has 1 amide bonds. The van der Waals surface area contributed by atoms with Crippen LogP contribution in [0.25, 0.3) is 0 Å². The van der Waals surface area contributed by atoms with Crippen molar-refractivity contribution in [3.63, 3.8) is 0 Å². The summed E-state index contributed by atoms with van der Waals surface area (Å²) in [5.74, 6) is -0.0534. The summed E-state index contributed by atoms with van der Waals surface area (Å²) in [6.45, 7) is 0.591. The topological polar surface area (TPSA) is 79.3 Å². The number of amidine groups is 1. The SMILES string of the molecule is CN(C)c1ccc(N2C(=NC(=O)[C@@H]3CCCO3)S[C@@H]3CS(=O)(=O)C[C@@H]32)cc1. The van der Waals surface area contributed by atoms with Crippen molar-refractivity contribution in [1.82, 2.24) is 0 Å². The van der Waals surface area contributed by atoms with Gasteiger partial charge in [-0.15, -0.1) is 0 Å². The van der Waals surface area contributed by atoms with Gasteiger partial charge in [-0.2, -0.15) is 4.99 Å². The van der Waals surface area contributed by atoms with Crippen molar-refractivity contribution in [1.29, 1.82) is 0 Å². The second-order valence-corrected chi connectivity index (χ2v) is 10.7.